The van der Waals surface area contributed by atoms with E-state index in [9.17, 15) is 13.2 Å². The molecule has 1 aromatic heterocycles. The first kappa shape index (κ1) is 16.5. The van der Waals surface area contributed by atoms with Gasteiger partial charge in [0.15, 0.2) is 9.84 Å². The van der Waals surface area contributed by atoms with E-state index in [4.69, 9.17) is 0 Å². The molecule has 3 fully saturated rings. The number of hydrogen-bond donors (Lipinski definition) is 2. The van der Waals surface area contributed by atoms with Crippen molar-refractivity contribution < 1.29 is 13.2 Å². The summed E-state index contributed by atoms with van der Waals surface area (Å²) < 4.78 is 24.0. The number of hydrogen-bond acceptors (Lipinski definition) is 8. The van der Waals surface area contributed by atoms with Crippen LogP contribution in [0.2, 0.25) is 0 Å². The molecule has 2 N–H and O–H groups in total. The fraction of sp³-hybridized carbons (Fsp3) is 0.667. The van der Waals surface area contributed by atoms with Gasteiger partial charge < -0.3 is 20.4 Å². The molecule has 0 bridgehead atoms. The molecule has 0 aromatic carbocycles. The molecule has 4 heterocycles. The van der Waals surface area contributed by atoms with Crippen molar-refractivity contribution >= 4 is 27.5 Å². The molecule has 0 unspecified atom stereocenters. The Morgan fingerprint density at radius 1 is 1.16 bits per heavy atom. The quantitative estimate of drug-likeness (QED) is 0.643. The van der Waals surface area contributed by atoms with Crippen LogP contribution in [-0.4, -0.2) is 80.6 Å². The van der Waals surface area contributed by atoms with E-state index < -0.39 is 9.84 Å². The lowest BCUT2D eigenvalue weighted by molar-refractivity contribution is -0.120. The molecule has 0 aliphatic carbocycles. The second-order valence-corrected chi connectivity index (χ2v) is 8.85. The van der Waals surface area contributed by atoms with Gasteiger partial charge in [0, 0.05) is 51.4 Å². The van der Waals surface area contributed by atoms with Crippen molar-refractivity contribution in [3.05, 3.63) is 12.3 Å². The van der Waals surface area contributed by atoms with Crippen LogP contribution < -0.4 is 20.4 Å². The molecule has 9 nitrogen and oxygen atoms in total. The summed E-state index contributed by atoms with van der Waals surface area (Å²) >= 11 is 0. The van der Waals surface area contributed by atoms with Gasteiger partial charge in [-0.1, -0.05) is 0 Å². The SMILES string of the molecule is O=C1CCN(c2nccc(N3CCN[C@H]4CS(=O)(=O)C[C@H]43)n2)CCN1. The Bertz CT molecular complexity index is 770. The summed E-state index contributed by atoms with van der Waals surface area (Å²) in [6, 6.07) is 1.70. The van der Waals surface area contributed by atoms with Gasteiger partial charge in [0.2, 0.25) is 11.9 Å². The second kappa shape index (κ2) is 6.41. The summed E-state index contributed by atoms with van der Waals surface area (Å²) in [5.74, 6) is 1.73. The van der Waals surface area contributed by atoms with Crippen LogP contribution in [0.1, 0.15) is 6.42 Å². The molecule has 3 aliphatic rings. The van der Waals surface area contributed by atoms with Gasteiger partial charge in [-0.25, -0.2) is 13.4 Å². The highest BCUT2D eigenvalue weighted by molar-refractivity contribution is 7.91. The highest BCUT2D eigenvalue weighted by Crippen LogP contribution is 2.26. The summed E-state index contributed by atoms with van der Waals surface area (Å²) in [6.45, 7) is 3.27. The normalized spacial score (nSPS) is 29.0. The standard InChI is InChI=1S/C15H22N6O3S/c22-14-2-6-20(7-4-17-14)15-18-3-1-13(19-15)21-8-5-16-11-9-25(23,24)10-12(11)21/h1,3,11-12,16H,2,4-10H2,(H,17,22)/t11-,12+/m0/s1. The third-order valence-electron chi connectivity index (χ3n) is 5.00. The van der Waals surface area contributed by atoms with Crippen molar-refractivity contribution in [2.24, 2.45) is 0 Å². The van der Waals surface area contributed by atoms with Gasteiger partial charge >= 0.3 is 0 Å². The number of nitrogens with one attached hydrogen (secondary N) is 2. The number of rotatable bonds is 2. The first-order valence-corrected chi connectivity index (χ1v) is 10.4. The predicted octanol–water partition coefficient (Wildman–Crippen LogP) is -1.62. The van der Waals surface area contributed by atoms with Crippen molar-refractivity contribution in [1.29, 1.82) is 0 Å². The molecular formula is C15H22N6O3S. The first-order valence-electron chi connectivity index (χ1n) is 8.57. The van der Waals surface area contributed by atoms with E-state index in [0.717, 1.165) is 12.4 Å². The Kier molecular flexibility index (Phi) is 4.24. The molecule has 4 rings (SSSR count). The average molecular weight is 366 g/mol. The van der Waals surface area contributed by atoms with Crippen molar-refractivity contribution in [2.45, 2.75) is 18.5 Å². The van der Waals surface area contributed by atoms with Crippen LogP contribution in [-0.2, 0) is 14.6 Å². The van der Waals surface area contributed by atoms with Gasteiger partial charge in [0.25, 0.3) is 0 Å². The highest BCUT2D eigenvalue weighted by Gasteiger charge is 2.43. The Morgan fingerprint density at radius 2 is 2.04 bits per heavy atom. The highest BCUT2D eigenvalue weighted by atomic mass is 32.2. The van der Waals surface area contributed by atoms with Crippen molar-refractivity contribution in [3.8, 4) is 0 Å². The van der Waals surface area contributed by atoms with E-state index in [1.165, 1.54) is 0 Å². The maximum Gasteiger partial charge on any atom is 0.227 e. The summed E-state index contributed by atoms with van der Waals surface area (Å²) in [4.78, 5) is 24.6. The van der Waals surface area contributed by atoms with Crippen LogP contribution in [0.4, 0.5) is 11.8 Å². The zero-order chi connectivity index (χ0) is 17.4. The zero-order valence-electron chi connectivity index (χ0n) is 13.9. The summed E-state index contributed by atoms with van der Waals surface area (Å²) in [6.07, 6.45) is 2.13. The van der Waals surface area contributed by atoms with E-state index in [2.05, 4.69) is 25.5 Å². The van der Waals surface area contributed by atoms with Gasteiger partial charge in [-0.2, -0.15) is 4.98 Å². The summed E-state index contributed by atoms with van der Waals surface area (Å²) in [5.41, 5.74) is 0. The maximum absolute atomic E-state index is 12.0. The fourth-order valence-corrected chi connectivity index (χ4v) is 5.73. The molecule has 3 aliphatic heterocycles. The molecule has 136 valence electrons. The molecule has 25 heavy (non-hydrogen) atoms. The first-order chi connectivity index (χ1) is 12.0. The van der Waals surface area contributed by atoms with E-state index in [-0.39, 0.29) is 29.5 Å². The smallest absolute Gasteiger partial charge is 0.227 e. The van der Waals surface area contributed by atoms with Crippen LogP contribution in [0, 0.1) is 0 Å². The van der Waals surface area contributed by atoms with Gasteiger partial charge in [0.05, 0.1) is 17.5 Å². The maximum atomic E-state index is 12.0. The molecule has 0 saturated carbocycles. The molecule has 2 atom stereocenters. The number of piperazine rings is 1. The van der Waals surface area contributed by atoms with Crippen molar-refractivity contribution in [1.82, 2.24) is 20.6 Å². The molecule has 0 radical (unpaired) electrons. The molecule has 3 saturated heterocycles. The third-order valence-corrected chi connectivity index (χ3v) is 6.72. The molecule has 1 amide bonds. The van der Waals surface area contributed by atoms with Crippen LogP contribution in [0.5, 0.6) is 0 Å². The minimum absolute atomic E-state index is 0.0414. The number of carbonyl (C=O) groups excluding carboxylic acids is 1. The van der Waals surface area contributed by atoms with Gasteiger partial charge in [-0.3, -0.25) is 4.79 Å². The van der Waals surface area contributed by atoms with E-state index in [1.54, 1.807) is 6.20 Å². The summed E-state index contributed by atoms with van der Waals surface area (Å²) in [5, 5.41) is 6.15. The largest absolute Gasteiger partial charge is 0.354 e. The zero-order valence-corrected chi connectivity index (χ0v) is 14.7. The Labute approximate surface area is 146 Å². The van der Waals surface area contributed by atoms with Crippen LogP contribution >= 0.6 is 0 Å². The summed E-state index contributed by atoms with van der Waals surface area (Å²) in [7, 11) is -3.02. The molecule has 1 aromatic rings. The Morgan fingerprint density at radius 3 is 2.92 bits per heavy atom. The Balaban J connectivity index is 1.57. The minimum atomic E-state index is -3.02. The lowest BCUT2D eigenvalue weighted by atomic mass is 10.1. The number of sulfone groups is 1. The average Bonchev–Trinajstić information content (AvgIpc) is 2.75. The van der Waals surface area contributed by atoms with Crippen LogP contribution in [0.15, 0.2) is 12.3 Å². The number of aromatic nitrogens is 2. The van der Waals surface area contributed by atoms with E-state index in [1.807, 2.05) is 11.0 Å². The lowest BCUT2D eigenvalue weighted by Gasteiger charge is -2.38. The number of amides is 1. The van der Waals surface area contributed by atoms with Gasteiger partial charge in [-0.05, 0) is 6.07 Å². The topological polar surface area (TPSA) is 108 Å². The second-order valence-electron chi connectivity index (χ2n) is 6.70. The number of anilines is 2. The van der Waals surface area contributed by atoms with Crippen LogP contribution in [0.25, 0.3) is 0 Å². The van der Waals surface area contributed by atoms with Crippen molar-refractivity contribution in [3.63, 3.8) is 0 Å². The predicted molar refractivity (Wildman–Crippen MR) is 93.5 cm³/mol. The number of fused-ring (bicyclic) bond motifs is 1. The number of carbonyl (C=O) groups is 1. The monoisotopic (exact) mass is 366 g/mol. The fourth-order valence-electron chi connectivity index (χ4n) is 3.77. The molecule has 0 spiro atoms. The minimum Gasteiger partial charge on any atom is -0.354 e. The molecular weight excluding hydrogens is 344 g/mol. The van der Waals surface area contributed by atoms with Gasteiger partial charge in [0.1, 0.15) is 5.82 Å². The Hall–Kier alpha value is -1.94. The third kappa shape index (κ3) is 3.40. The molecule has 10 heteroatoms. The van der Waals surface area contributed by atoms with E-state index in [0.29, 0.717) is 38.5 Å². The van der Waals surface area contributed by atoms with Gasteiger partial charge in [-0.15, -0.1) is 0 Å². The van der Waals surface area contributed by atoms with Crippen LogP contribution in [0.3, 0.4) is 0 Å². The van der Waals surface area contributed by atoms with Crippen molar-refractivity contribution in [2.75, 3.05) is 54.0 Å². The lowest BCUT2D eigenvalue weighted by Crippen LogP contribution is -2.57. The van der Waals surface area contributed by atoms with E-state index >= 15 is 0 Å². The number of nitrogens with zero attached hydrogens (tertiary/aromatic N) is 4.